The van der Waals surface area contributed by atoms with Crippen molar-refractivity contribution in [2.24, 2.45) is 0 Å². The number of carbonyl (C=O) groups excluding carboxylic acids is 2. The second-order valence-electron chi connectivity index (χ2n) is 2.57. The first-order valence-corrected chi connectivity index (χ1v) is 5.34. The van der Waals surface area contributed by atoms with E-state index in [-0.39, 0.29) is 0 Å². The van der Waals surface area contributed by atoms with Gasteiger partial charge in [0.2, 0.25) is 0 Å². The molecular formula is C9H7ClINO3. The lowest BCUT2D eigenvalue weighted by atomic mass is 10.3. The summed E-state index contributed by atoms with van der Waals surface area (Å²) in [6.07, 6.45) is 0. The van der Waals surface area contributed by atoms with Gasteiger partial charge in [-0.3, -0.25) is 4.79 Å². The summed E-state index contributed by atoms with van der Waals surface area (Å²) in [5.41, 5.74) is 0.382. The van der Waals surface area contributed by atoms with Gasteiger partial charge in [-0.2, -0.15) is 0 Å². The molecular weight excluding hydrogens is 332 g/mol. The van der Waals surface area contributed by atoms with Crippen molar-refractivity contribution < 1.29 is 14.3 Å². The molecule has 1 N–H and O–H groups in total. The van der Waals surface area contributed by atoms with Crippen LogP contribution >= 0.6 is 34.2 Å². The molecule has 0 saturated carbocycles. The van der Waals surface area contributed by atoms with Gasteiger partial charge in [-0.1, -0.05) is 11.6 Å². The van der Waals surface area contributed by atoms with Gasteiger partial charge >= 0.3 is 11.9 Å². The van der Waals surface area contributed by atoms with Gasteiger partial charge in [0.25, 0.3) is 0 Å². The van der Waals surface area contributed by atoms with Gasteiger partial charge in [0.1, 0.15) is 0 Å². The third-order valence-corrected chi connectivity index (χ3v) is 2.53. The Morgan fingerprint density at radius 1 is 1.47 bits per heavy atom. The van der Waals surface area contributed by atoms with Crippen molar-refractivity contribution >= 4 is 51.8 Å². The highest BCUT2D eigenvalue weighted by Gasteiger charge is 2.14. The Kier molecular flexibility index (Phi) is 4.34. The zero-order chi connectivity index (χ0) is 11.4. The number of anilines is 1. The van der Waals surface area contributed by atoms with E-state index >= 15 is 0 Å². The van der Waals surface area contributed by atoms with Crippen LogP contribution in [0, 0.1) is 3.57 Å². The zero-order valence-corrected chi connectivity index (χ0v) is 10.6. The van der Waals surface area contributed by atoms with Crippen LogP contribution in [0.4, 0.5) is 5.69 Å². The lowest BCUT2D eigenvalue weighted by molar-refractivity contribution is -0.150. The van der Waals surface area contributed by atoms with Crippen molar-refractivity contribution in [3.05, 3.63) is 26.8 Å². The molecule has 6 heteroatoms. The topological polar surface area (TPSA) is 55.4 Å². The average molecular weight is 340 g/mol. The smallest absolute Gasteiger partial charge is 0.396 e. The predicted octanol–water partition coefficient (Wildman–Crippen LogP) is 2.06. The van der Waals surface area contributed by atoms with E-state index in [0.29, 0.717) is 10.7 Å². The van der Waals surface area contributed by atoms with E-state index in [4.69, 9.17) is 11.6 Å². The van der Waals surface area contributed by atoms with E-state index in [2.05, 4.69) is 32.6 Å². The standard InChI is InChI=1S/C9H7ClINO3/c1-15-9(14)8(13)12-7-3-2-5(11)4-6(7)10/h2-4H,1H3,(H,12,13). The molecule has 1 amide bonds. The number of esters is 1. The minimum atomic E-state index is -0.954. The predicted molar refractivity (Wildman–Crippen MR) is 64.8 cm³/mol. The van der Waals surface area contributed by atoms with Crippen LogP contribution in [-0.2, 0) is 14.3 Å². The van der Waals surface area contributed by atoms with Gasteiger partial charge in [-0.25, -0.2) is 4.79 Å². The number of rotatable bonds is 1. The summed E-state index contributed by atoms with van der Waals surface area (Å²) in [5, 5.41) is 2.71. The second kappa shape index (κ2) is 5.32. The molecule has 0 heterocycles. The van der Waals surface area contributed by atoms with Gasteiger partial charge in [0.05, 0.1) is 17.8 Å². The highest BCUT2D eigenvalue weighted by molar-refractivity contribution is 14.1. The van der Waals surface area contributed by atoms with Crippen LogP contribution in [0.1, 0.15) is 0 Å². The van der Waals surface area contributed by atoms with Gasteiger partial charge in [0.15, 0.2) is 0 Å². The molecule has 0 aliphatic rings. The summed E-state index contributed by atoms with van der Waals surface area (Å²) in [5.74, 6) is -1.80. The molecule has 15 heavy (non-hydrogen) atoms. The summed E-state index contributed by atoms with van der Waals surface area (Å²) in [4.78, 5) is 22.0. The van der Waals surface area contributed by atoms with Gasteiger partial charge in [-0.05, 0) is 40.8 Å². The molecule has 1 rings (SSSR count). The van der Waals surface area contributed by atoms with Gasteiger partial charge in [0, 0.05) is 3.57 Å². The number of amides is 1. The third kappa shape index (κ3) is 3.35. The Hall–Kier alpha value is -0.820. The molecule has 80 valence electrons. The van der Waals surface area contributed by atoms with Crippen LogP contribution in [-0.4, -0.2) is 19.0 Å². The quantitative estimate of drug-likeness (QED) is 0.484. The number of methoxy groups -OCH3 is 1. The zero-order valence-electron chi connectivity index (χ0n) is 7.71. The van der Waals surface area contributed by atoms with Gasteiger partial charge in [-0.15, -0.1) is 0 Å². The third-order valence-electron chi connectivity index (χ3n) is 1.55. The lowest BCUT2D eigenvalue weighted by Crippen LogP contribution is -2.23. The van der Waals surface area contributed by atoms with Crippen LogP contribution in [0.2, 0.25) is 5.02 Å². The Bertz CT molecular complexity index is 408. The van der Waals surface area contributed by atoms with Crippen LogP contribution in [0.25, 0.3) is 0 Å². The minimum Gasteiger partial charge on any atom is -0.462 e. The minimum absolute atomic E-state index is 0.374. The van der Waals surface area contributed by atoms with E-state index in [9.17, 15) is 9.59 Å². The number of carbonyl (C=O) groups is 2. The van der Waals surface area contributed by atoms with Crippen molar-refractivity contribution in [2.75, 3.05) is 12.4 Å². The first-order valence-electron chi connectivity index (χ1n) is 3.89. The largest absolute Gasteiger partial charge is 0.462 e. The fraction of sp³-hybridized carbons (Fsp3) is 0.111. The molecule has 0 fully saturated rings. The lowest BCUT2D eigenvalue weighted by Gasteiger charge is -2.05. The van der Waals surface area contributed by atoms with Crippen LogP contribution < -0.4 is 5.32 Å². The van der Waals surface area contributed by atoms with Crippen LogP contribution in [0.15, 0.2) is 18.2 Å². The number of benzene rings is 1. The maximum absolute atomic E-state index is 11.1. The summed E-state index contributed by atoms with van der Waals surface area (Å²) >= 11 is 7.94. The number of halogens is 2. The van der Waals surface area contributed by atoms with Crippen molar-refractivity contribution in [3.8, 4) is 0 Å². The second-order valence-corrected chi connectivity index (χ2v) is 4.22. The number of hydrogen-bond acceptors (Lipinski definition) is 3. The van der Waals surface area contributed by atoms with Gasteiger partial charge < -0.3 is 10.1 Å². The molecule has 0 atom stereocenters. The first-order chi connectivity index (χ1) is 7.04. The molecule has 0 bridgehead atoms. The molecule has 0 aliphatic carbocycles. The van der Waals surface area contributed by atoms with E-state index in [0.717, 1.165) is 10.7 Å². The number of hydrogen-bond donors (Lipinski definition) is 1. The monoisotopic (exact) mass is 339 g/mol. The summed E-state index contributed by atoms with van der Waals surface area (Å²) in [7, 11) is 1.14. The van der Waals surface area contributed by atoms with Crippen molar-refractivity contribution in [2.45, 2.75) is 0 Å². The Morgan fingerprint density at radius 3 is 2.67 bits per heavy atom. The molecule has 1 aromatic carbocycles. The maximum Gasteiger partial charge on any atom is 0.396 e. The summed E-state index contributed by atoms with van der Waals surface area (Å²) in [6.45, 7) is 0. The summed E-state index contributed by atoms with van der Waals surface area (Å²) in [6, 6.07) is 5.05. The fourth-order valence-corrected chi connectivity index (χ4v) is 1.76. The van der Waals surface area contributed by atoms with E-state index in [1.54, 1.807) is 18.2 Å². The Labute approximate surface area is 105 Å². The molecule has 0 saturated heterocycles. The fourth-order valence-electron chi connectivity index (χ4n) is 0.857. The molecule has 0 aromatic heterocycles. The average Bonchev–Trinajstić information content (AvgIpc) is 2.20. The highest BCUT2D eigenvalue weighted by atomic mass is 127. The van der Waals surface area contributed by atoms with E-state index in [1.165, 1.54) is 0 Å². The van der Waals surface area contributed by atoms with Crippen LogP contribution in [0.3, 0.4) is 0 Å². The van der Waals surface area contributed by atoms with E-state index < -0.39 is 11.9 Å². The van der Waals surface area contributed by atoms with Crippen LogP contribution in [0.5, 0.6) is 0 Å². The SMILES string of the molecule is COC(=O)C(=O)Nc1ccc(I)cc1Cl. The maximum atomic E-state index is 11.1. The summed E-state index contributed by atoms with van der Waals surface area (Å²) < 4.78 is 5.19. The molecule has 0 spiro atoms. The highest BCUT2D eigenvalue weighted by Crippen LogP contribution is 2.23. The molecule has 0 aliphatic heterocycles. The van der Waals surface area contributed by atoms with Crippen molar-refractivity contribution in [1.29, 1.82) is 0 Å². The van der Waals surface area contributed by atoms with Crippen molar-refractivity contribution in [3.63, 3.8) is 0 Å². The Morgan fingerprint density at radius 2 is 2.13 bits per heavy atom. The normalized spacial score (nSPS) is 9.53. The molecule has 1 aromatic rings. The first kappa shape index (κ1) is 12.3. The Balaban J connectivity index is 2.81. The van der Waals surface area contributed by atoms with Crippen molar-refractivity contribution in [1.82, 2.24) is 0 Å². The molecule has 4 nitrogen and oxygen atoms in total. The number of nitrogens with one attached hydrogen (secondary N) is 1. The molecule has 0 radical (unpaired) electrons. The van der Waals surface area contributed by atoms with E-state index in [1.807, 2.05) is 0 Å². The molecule has 0 unspecified atom stereocenters. The number of ether oxygens (including phenoxy) is 1.